The molecule has 0 saturated heterocycles. The molecule has 0 rings (SSSR count). The lowest BCUT2D eigenvalue weighted by Crippen LogP contribution is -2.43. The molecule has 0 aliphatic heterocycles. The van der Waals surface area contributed by atoms with Gasteiger partial charge in [0.15, 0.2) is 5.60 Å². The largest absolute Gasteiger partial charge is 0.479 e. The minimum atomic E-state index is -1.21. The normalized spacial score (nSPS) is 19.2. The van der Waals surface area contributed by atoms with Crippen molar-refractivity contribution in [3.05, 3.63) is 0 Å². The van der Waals surface area contributed by atoms with Gasteiger partial charge in [-0.15, -0.1) is 0 Å². The number of ether oxygens (including phenoxy) is 1. The molecule has 0 amide bonds. The summed E-state index contributed by atoms with van der Waals surface area (Å²) in [5, 5.41) is 18.5. The van der Waals surface area contributed by atoms with Crippen molar-refractivity contribution < 1.29 is 19.7 Å². The monoisotopic (exact) mass is 232 g/mol. The minimum Gasteiger partial charge on any atom is -0.479 e. The first-order chi connectivity index (χ1) is 7.19. The molecule has 0 radical (unpaired) electrons. The van der Waals surface area contributed by atoms with Crippen LogP contribution in [0.5, 0.6) is 0 Å². The summed E-state index contributed by atoms with van der Waals surface area (Å²) >= 11 is 0. The minimum absolute atomic E-state index is 0.434. The Kier molecular flexibility index (Phi) is 5.97. The zero-order valence-corrected chi connectivity index (χ0v) is 10.9. The van der Waals surface area contributed by atoms with E-state index in [2.05, 4.69) is 0 Å². The smallest absolute Gasteiger partial charge is 0.335 e. The van der Waals surface area contributed by atoms with Crippen LogP contribution in [-0.2, 0) is 9.53 Å². The summed E-state index contributed by atoms with van der Waals surface area (Å²) in [6.07, 6.45) is 0.0952. The van der Waals surface area contributed by atoms with Gasteiger partial charge in [0.2, 0.25) is 0 Å². The van der Waals surface area contributed by atoms with Crippen molar-refractivity contribution in [2.45, 2.75) is 65.3 Å². The molecule has 0 aromatic heterocycles. The third-order valence-corrected chi connectivity index (χ3v) is 2.78. The first-order valence-corrected chi connectivity index (χ1v) is 5.78. The van der Waals surface area contributed by atoms with Crippen LogP contribution >= 0.6 is 0 Å². The van der Waals surface area contributed by atoms with Gasteiger partial charge >= 0.3 is 5.97 Å². The van der Waals surface area contributed by atoms with Crippen molar-refractivity contribution in [1.82, 2.24) is 0 Å². The molecule has 0 aliphatic rings. The van der Waals surface area contributed by atoms with Gasteiger partial charge in [-0.1, -0.05) is 13.8 Å². The van der Waals surface area contributed by atoms with E-state index in [0.717, 1.165) is 6.42 Å². The molecule has 2 N–H and O–H groups in total. The Morgan fingerprint density at radius 1 is 1.31 bits per heavy atom. The van der Waals surface area contributed by atoms with Crippen LogP contribution in [0.2, 0.25) is 0 Å². The fourth-order valence-corrected chi connectivity index (χ4v) is 1.29. The molecule has 0 heterocycles. The van der Waals surface area contributed by atoms with Crippen LogP contribution in [0.3, 0.4) is 0 Å². The Morgan fingerprint density at radius 2 is 1.81 bits per heavy atom. The lowest BCUT2D eigenvalue weighted by atomic mass is 9.94. The molecule has 0 spiro atoms. The maximum Gasteiger partial charge on any atom is 0.335 e. The van der Waals surface area contributed by atoms with E-state index in [1.165, 1.54) is 0 Å². The number of carbonyl (C=O) groups is 1. The van der Waals surface area contributed by atoms with E-state index in [-0.39, 0.29) is 0 Å². The highest BCUT2D eigenvalue weighted by atomic mass is 16.5. The first kappa shape index (κ1) is 15.4. The molecule has 0 aromatic rings. The van der Waals surface area contributed by atoms with E-state index in [9.17, 15) is 9.90 Å². The second-order valence-corrected chi connectivity index (χ2v) is 5.03. The number of aliphatic hydroxyl groups excluding tert-OH is 1. The topological polar surface area (TPSA) is 66.8 Å². The third kappa shape index (κ3) is 4.94. The van der Waals surface area contributed by atoms with Crippen molar-refractivity contribution >= 4 is 5.97 Å². The van der Waals surface area contributed by atoms with E-state index < -0.39 is 23.8 Å². The number of rotatable bonds is 7. The maximum atomic E-state index is 11.2. The molecule has 96 valence electrons. The lowest BCUT2D eigenvalue weighted by molar-refractivity contribution is -0.178. The Balaban J connectivity index is 4.51. The second-order valence-electron chi connectivity index (χ2n) is 5.03. The zero-order chi connectivity index (χ0) is 12.9. The summed E-state index contributed by atoms with van der Waals surface area (Å²) < 4.78 is 5.46. The Bertz CT molecular complexity index is 225. The third-order valence-electron chi connectivity index (χ3n) is 2.78. The van der Waals surface area contributed by atoms with Crippen LogP contribution < -0.4 is 0 Å². The van der Waals surface area contributed by atoms with Crippen LogP contribution in [0.1, 0.15) is 47.5 Å². The highest BCUT2D eigenvalue weighted by Gasteiger charge is 2.36. The molecule has 16 heavy (non-hydrogen) atoms. The van der Waals surface area contributed by atoms with E-state index in [4.69, 9.17) is 9.84 Å². The van der Waals surface area contributed by atoms with E-state index in [0.29, 0.717) is 12.3 Å². The molecule has 0 aliphatic carbocycles. The number of aliphatic carboxylic acids is 1. The Labute approximate surface area is 97.6 Å². The van der Waals surface area contributed by atoms with Gasteiger partial charge < -0.3 is 14.9 Å². The van der Waals surface area contributed by atoms with Crippen molar-refractivity contribution in [3.8, 4) is 0 Å². The summed E-state index contributed by atoms with van der Waals surface area (Å²) in [6.45, 7) is 8.92. The number of hydrogen-bond donors (Lipinski definition) is 2. The van der Waals surface area contributed by atoms with Crippen LogP contribution in [0.25, 0.3) is 0 Å². The average Bonchev–Trinajstić information content (AvgIpc) is 2.14. The molecule has 3 unspecified atom stereocenters. The van der Waals surface area contributed by atoms with Crippen molar-refractivity contribution in [2.24, 2.45) is 5.92 Å². The molecular weight excluding hydrogens is 208 g/mol. The van der Waals surface area contributed by atoms with Crippen LogP contribution in [0, 0.1) is 5.92 Å². The van der Waals surface area contributed by atoms with E-state index >= 15 is 0 Å². The standard InChI is InChI=1S/C12H24O4/c1-8(2)6-7-12(5,11(14)15)16-10(4)9(3)13/h8-10,13H,6-7H2,1-5H3,(H,14,15). The quantitative estimate of drug-likeness (QED) is 0.705. The van der Waals surface area contributed by atoms with Gasteiger partial charge in [0.25, 0.3) is 0 Å². The zero-order valence-electron chi connectivity index (χ0n) is 10.9. The summed E-state index contributed by atoms with van der Waals surface area (Å²) in [7, 11) is 0. The molecule has 3 atom stereocenters. The predicted molar refractivity (Wildman–Crippen MR) is 62.3 cm³/mol. The number of carboxylic acids is 1. The van der Waals surface area contributed by atoms with E-state index in [1.807, 2.05) is 13.8 Å². The Hall–Kier alpha value is -0.610. The van der Waals surface area contributed by atoms with Gasteiger partial charge in [-0.25, -0.2) is 4.79 Å². The summed E-state index contributed by atoms with van der Waals surface area (Å²) in [4.78, 5) is 11.2. The molecule has 0 aromatic carbocycles. The van der Waals surface area contributed by atoms with E-state index in [1.54, 1.807) is 20.8 Å². The predicted octanol–water partition coefficient (Wildman–Crippen LogP) is 2.05. The van der Waals surface area contributed by atoms with Crippen molar-refractivity contribution in [1.29, 1.82) is 0 Å². The van der Waals surface area contributed by atoms with Gasteiger partial charge in [0, 0.05) is 0 Å². The highest BCUT2D eigenvalue weighted by molar-refractivity contribution is 5.76. The molecule has 0 bridgehead atoms. The summed E-state index contributed by atoms with van der Waals surface area (Å²) in [5.74, 6) is -0.537. The number of hydrogen-bond acceptors (Lipinski definition) is 3. The van der Waals surface area contributed by atoms with Crippen LogP contribution in [-0.4, -0.2) is 34.0 Å². The van der Waals surface area contributed by atoms with Gasteiger partial charge in [0.1, 0.15) is 0 Å². The molecule has 4 heteroatoms. The number of aliphatic hydroxyl groups is 1. The van der Waals surface area contributed by atoms with Crippen molar-refractivity contribution in [2.75, 3.05) is 0 Å². The number of carboxylic acid groups (broad SMARTS) is 1. The molecule has 4 nitrogen and oxygen atoms in total. The fourth-order valence-electron chi connectivity index (χ4n) is 1.29. The summed E-state index contributed by atoms with van der Waals surface area (Å²) in [6, 6.07) is 0. The molecule has 0 saturated carbocycles. The lowest BCUT2D eigenvalue weighted by Gasteiger charge is -2.30. The van der Waals surface area contributed by atoms with Gasteiger partial charge in [-0.2, -0.15) is 0 Å². The van der Waals surface area contributed by atoms with Crippen molar-refractivity contribution in [3.63, 3.8) is 0 Å². The SMILES string of the molecule is CC(C)CCC(C)(OC(C)C(C)O)C(=O)O. The highest BCUT2D eigenvalue weighted by Crippen LogP contribution is 2.23. The van der Waals surface area contributed by atoms with Crippen LogP contribution in [0.15, 0.2) is 0 Å². The van der Waals surface area contributed by atoms with Gasteiger partial charge in [-0.05, 0) is 39.5 Å². The summed E-state index contributed by atoms with van der Waals surface area (Å²) in [5.41, 5.74) is -1.21. The molecule has 0 fully saturated rings. The second kappa shape index (κ2) is 6.21. The molecular formula is C12H24O4. The first-order valence-electron chi connectivity index (χ1n) is 5.78. The van der Waals surface area contributed by atoms with Crippen LogP contribution in [0.4, 0.5) is 0 Å². The fraction of sp³-hybridized carbons (Fsp3) is 0.917. The maximum absolute atomic E-state index is 11.2. The van der Waals surface area contributed by atoms with Gasteiger partial charge in [-0.3, -0.25) is 0 Å². The average molecular weight is 232 g/mol. The Morgan fingerprint density at radius 3 is 2.12 bits per heavy atom. The van der Waals surface area contributed by atoms with Gasteiger partial charge in [0.05, 0.1) is 12.2 Å².